The van der Waals surface area contributed by atoms with Crippen LogP contribution in [0.5, 0.6) is 6.01 Å². The van der Waals surface area contributed by atoms with Gasteiger partial charge in [-0.15, -0.1) is 12.4 Å². The Morgan fingerprint density at radius 2 is 2.27 bits per heavy atom. The van der Waals surface area contributed by atoms with Gasteiger partial charge < -0.3 is 15.0 Å². The summed E-state index contributed by atoms with van der Waals surface area (Å²) in [5.41, 5.74) is 1.34. The molecule has 0 bridgehead atoms. The second kappa shape index (κ2) is 7.42. The third-order valence-electron chi connectivity index (χ3n) is 3.77. The van der Waals surface area contributed by atoms with E-state index in [-0.39, 0.29) is 18.1 Å². The monoisotopic (exact) mass is 326 g/mol. The summed E-state index contributed by atoms with van der Waals surface area (Å²) in [6.45, 7) is 1.67. The number of rotatable bonds is 5. The smallest absolute Gasteiger partial charge is 0.294 e. The summed E-state index contributed by atoms with van der Waals surface area (Å²) in [6.07, 6.45) is 4.65. The molecule has 1 aromatic heterocycles. The van der Waals surface area contributed by atoms with E-state index in [1.807, 2.05) is 0 Å². The van der Waals surface area contributed by atoms with E-state index in [0.29, 0.717) is 29.7 Å². The number of hydrogen-bond donors (Lipinski definition) is 2. The molecular formula is C14H19ClN4O3. The van der Waals surface area contributed by atoms with Crippen molar-refractivity contribution in [1.82, 2.24) is 15.3 Å². The second-order valence-corrected chi connectivity index (χ2v) is 5.28. The van der Waals surface area contributed by atoms with E-state index >= 15 is 0 Å². The Kier molecular flexibility index (Phi) is 5.57. The van der Waals surface area contributed by atoms with E-state index in [9.17, 15) is 10.1 Å². The van der Waals surface area contributed by atoms with Gasteiger partial charge >= 0.3 is 0 Å². The highest BCUT2D eigenvalue weighted by molar-refractivity contribution is 5.85. The molecule has 1 aliphatic rings. The molecule has 1 aliphatic heterocycles. The minimum Gasteiger partial charge on any atom is -0.465 e. The van der Waals surface area contributed by atoms with Crippen molar-refractivity contribution < 1.29 is 9.66 Å². The number of aromatic nitrogens is 2. The number of nitro groups is 1. The molecule has 1 atom stereocenters. The van der Waals surface area contributed by atoms with Crippen molar-refractivity contribution in [3.05, 3.63) is 28.3 Å². The van der Waals surface area contributed by atoms with Gasteiger partial charge in [-0.2, -0.15) is 4.98 Å². The van der Waals surface area contributed by atoms with Crippen LogP contribution in [0.15, 0.2) is 18.2 Å². The number of non-ortho nitro benzene ring substituents is 1. The molecule has 2 heterocycles. The Morgan fingerprint density at radius 3 is 3.00 bits per heavy atom. The molecule has 1 aromatic carbocycles. The van der Waals surface area contributed by atoms with Crippen molar-refractivity contribution in [2.75, 3.05) is 13.2 Å². The van der Waals surface area contributed by atoms with Crippen LogP contribution in [-0.4, -0.2) is 34.1 Å². The van der Waals surface area contributed by atoms with Gasteiger partial charge in [0, 0.05) is 18.2 Å². The minimum atomic E-state index is -0.421. The van der Waals surface area contributed by atoms with Gasteiger partial charge in [0.25, 0.3) is 11.7 Å². The van der Waals surface area contributed by atoms with Gasteiger partial charge in [0.2, 0.25) is 0 Å². The van der Waals surface area contributed by atoms with Crippen LogP contribution in [0.25, 0.3) is 11.0 Å². The number of halogens is 1. The predicted octanol–water partition coefficient (Wildman–Crippen LogP) is 2.80. The second-order valence-electron chi connectivity index (χ2n) is 5.28. The normalized spacial score (nSPS) is 17.9. The molecule has 7 nitrogen and oxygen atoms in total. The predicted molar refractivity (Wildman–Crippen MR) is 85.7 cm³/mol. The summed E-state index contributed by atoms with van der Waals surface area (Å²) in [7, 11) is 0. The van der Waals surface area contributed by atoms with Gasteiger partial charge in [-0.25, -0.2) is 0 Å². The Bertz CT molecular complexity index is 640. The molecule has 0 amide bonds. The maximum Gasteiger partial charge on any atom is 0.294 e. The third kappa shape index (κ3) is 3.86. The van der Waals surface area contributed by atoms with Crippen molar-refractivity contribution in [3.8, 4) is 6.01 Å². The third-order valence-corrected chi connectivity index (χ3v) is 3.77. The van der Waals surface area contributed by atoms with Crippen LogP contribution in [0.1, 0.15) is 25.7 Å². The molecule has 2 N–H and O–H groups in total. The van der Waals surface area contributed by atoms with Crippen molar-refractivity contribution in [2.45, 2.75) is 31.7 Å². The zero-order valence-electron chi connectivity index (χ0n) is 12.1. The van der Waals surface area contributed by atoms with Gasteiger partial charge in [0.1, 0.15) is 0 Å². The van der Waals surface area contributed by atoms with Crippen molar-refractivity contribution >= 4 is 29.1 Å². The lowest BCUT2D eigenvalue weighted by Gasteiger charge is -2.22. The van der Waals surface area contributed by atoms with Crippen molar-refractivity contribution in [3.63, 3.8) is 0 Å². The average molecular weight is 327 g/mol. The van der Waals surface area contributed by atoms with Crippen LogP contribution >= 0.6 is 12.4 Å². The summed E-state index contributed by atoms with van der Waals surface area (Å²) in [4.78, 5) is 17.6. The molecule has 0 aliphatic carbocycles. The quantitative estimate of drug-likeness (QED) is 0.651. The number of nitro benzene ring substituents is 1. The number of imidazole rings is 1. The van der Waals surface area contributed by atoms with Crippen LogP contribution in [0.3, 0.4) is 0 Å². The summed E-state index contributed by atoms with van der Waals surface area (Å²) in [5.74, 6) is 0. The topological polar surface area (TPSA) is 93.1 Å². The molecule has 1 unspecified atom stereocenters. The number of ether oxygens (including phenoxy) is 1. The first kappa shape index (κ1) is 16.5. The number of nitrogens with one attached hydrogen (secondary N) is 2. The Morgan fingerprint density at radius 1 is 1.41 bits per heavy atom. The number of fused-ring (bicyclic) bond motifs is 1. The van der Waals surface area contributed by atoms with E-state index in [4.69, 9.17) is 4.74 Å². The maximum absolute atomic E-state index is 10.7. The highest BCUT2D eigenvalue weighted by Crippen LogP contribution is 2.21. The van der Waals surface area contributed by atoms with E-state index in [2.05, 4.69) is 15.3 Å². The molecular weight excluding hydrogens is 308 g/mol. The maximum atomic E-state index is 10.7. The Hall–Kier alpha value is -1.86. The van der Waals surface area contributed by atoms with E-state index in [1.54, 1.807) is 6.07 Å². The standard InChI is InChI=1S/C14H18N4O3.ClH/c19-18(20)11-4-5-12-13(9-11)17-14(16-12)21-8-6-10-3-1-2-7-15-10;/h4-5,9-10,15H,1-3,6-8H2,(H,16,17);1H. The molecule has 1 saturated heterocycles. The summed E-state index contributed by atoms with van der Waals surface area (Å²) >= 11 is 0. The molecule has 0 spiro atoms. The van der Waals surface area contributed by atoms with Gasteiger partial charge in [0.15, 0.2) is 0 Å². The van der Waals surface area contributed by atoms with Crippen molar-refractivity contribution in [2.24, 2.45) is 0 Å². The van der Waals surface area contributed by atoms with Crippen LogP contribution in [-0.2, 0) is 0 Å². The highest BCUT2D eigenvalue weighted by atomic mass is 35.5. The largest absolute Gasteiger partial charge is 0.465 e. The van der Waals surface area contributed by atoms with E-state index in [1.165, 1.54) is 31.4 Å². The van der Waals surface area contributed by atoms with E-state index < -0.39 is 4.92 Å². The SMILES string of the molecule is Cl.O=[N+]([O-])c1ccc2nc(OCCC3CCCCN3)[nH]c2c1. The van der Waals surface area contributed by atoms with E-state index in [0.717, 1.165) is 13.0 Å². The molecule has 22 heavy (non-hydrogen) atoms. The molecule has 0 saturated carbocycles. The first-order chi connectivity index (χ1) is 10.2. The fourth-order valence-electron chi connectivity index (χ4n) is 2.62. The number of hydrogen-bond acceptors (Lipinski definition) is 5. The average Bonchev–Trinajstić information content (AvgIpc) is 2.90. The number of benzene rings is 1. The lowest BCUT2D eigenvalue weighted by Crippen LogP contribution is -2.35. The molecule has 2 aromatic rings. The number of H-pyrrole nitrogens is 1. The first-order valence-corrected chi connectivity index (χ1v) is 7.23. The van der Waals surface area contributed by atoms with Gasteiger partial charge in [-0.1, -0.05) is 6.42 Å². The zero-order valence-corrected chi connectivity index (χ0v) is 12.9. The number of piperidine rings is 1. The fraction of sp³-hybridized carbons (Fsp3) is 0.500. The highest BCUT2D eigenvalue weighted by Gasteiger charge is 2.13. The van der Waals surface area contributed by atoms with Crippen LogP contribution in [0.2, 0.25) is 0 Å². The first-order valence-electron chi connectivity index (χ1n) is 7.23. The molecule has 120 valence electrons. The van der Waals surface area contributed by atoms with Crippen LogP contribution in [0, 0.1) is 10.1 Å². The molecule has 8 heteroatoms. The lowest BCUT2D eigenvalue weighted by molar-refractivity contribution is -0.384. The number of aromatic amines is 1. The summed E-state index contributed by atoms with van der Waals surface area (Å²) in [5, 5.41) is 14.2. The van der Waals surface area contributed by atoms with Gasteiger partial charge in [-0.05, 0) is 31.9 Å². The minimum absolute atomic E-state index is 0. The fourth-order valence-corrected chi connectivity index (χ4v) is 2.62. The summed E-state index contributed by atoms with van der Waals surface area (Å²) < 4.78 is 5.62. The molecule has 1 fully saturated rings. The lowest BCUT2D eigenvalue weighted by atomic mass is 10.0. The molecule has 0 radical (unpaired) electrons. The molecule has 3 rings (SSSR count). The van der Waals surface area contributed by atoms with Crippen molar-refractivity contribution in [1.29, 1.82) is 0 Å². The Balaban J connectivity index is 0.00000176. The summed E-state index contributed by atoms with van der Waals surface area (Å²) in [6, 6.07) is 5.47. The van der Waals surface area contributed by atoms with Gasteiger partial charge in [0.05, 0.1) is 22.6 Å². The van der Waals surface area contributed by atoms with Crippen LogP contribution < -0.4 is 10.1 Å². The van der Waals surface area contributed by atoms with Crippen LogP contribution in [0.4, 0.5) is 5.69 Å². The van der Waals surface area contributed by atoms with Gasteiger partial charge in [-0.3, -0.25) is 10.1 Å². The zero-order chi connectivity index (χ0) is 14.7. The number of nitrogens with zero attached hydrogens (tertiary/aromatic N) is 2. The Labute approximate surface area is 134 Å².